The Morgan fingerprint density at radius 3 is 2.25 bits per heavy atom. The Hall–Kier alpha value is -0.660. The first-order valence-corrected chi connectivity index (χ1v) is 6.73. The van der Waals surface area contributed by atoms with Crippen LogP contribution in [0.3, 0.4) is 0 Å². The number of nitrogens with zero attached hydrogens (tertiary/aromatic N) is 1. The van der Waals surface area contributed by atoms with Crippen molar-refractivity contribution in [1.82, 2.24) is 9.62 Å². The molecule has 0 aliphatic heterocycles. The molecular weight excluding hydrogens is 230 g/mol. The second-order valence-electron chi connectivity index (χ2n) is 4.04. The van der Waals surface area contributed by atoms with Crippen LogP contribution in [0.4, 0.5) is 0 Å². The molecule has 0 aromatic carbocycles. The van der Waals surface area contributed by atoms with Crippen LogP contribution in [0.1, 0.15) is 13.8 Å². The van der Waals surface area contributed by atoms with Crippen molar-refractivity contribution in [3.63, 3.8) is 0 Å². The second-order valence-corrected chi connectivity index (χ2v) is 6.34. The van der Waals surface area contributed by atoms with Gasteiger partial charge in [-0.2, -0.15) is 0 Å². The highest BCUT2D eigenvalue weighted by molar-refractivity contribution is 7.89. The molecule has 0 bridgehead atoms. The summed E-state index contributed by atoms with van der Waals surface area (Å²) in [5.74, 6) is -0.636. The quantitative estimate of drug-likeness (QED) is 0.632. The van der Waals surface area contributed by atoms with Crippen molar-refractivity contribution in [2.75, 3.05) is 26.4 Å². The minimum atomic E-state index is -3.25. The number of nitrogens with one attached hydrogen (secondary N) is 1. The minimum absolute atomic E-state index is 0.0998. The third-order valence-corrected chi connectivity index (χ3v) is 4.25. The van der Waals surface area contributed by atoms with Gasteiger partial charge >= 0.3 is 0 Å². The Bertz CT molecular complexity index is 325. The van der Waals surface area contributed by atoms with E-state index in [1.54, 1.807) is 13.8 Å². The molecule has 0 fully saturated rings. The molecule has 0 saturated heterocycles. The first kappa shape index (κ1) is 15.3. The summed E-state index contributed by atoms with van der Waals surface area (Å²) in [6.07, 6.45) is 0. The molecule has 6 nitrogen and oxygen atoms in total. The van der Waals surface area contributed by atoms with Gasteiger partial charge in [0.05, 0.1) is 5.75 Å². The van der Waals surface area contributed by atoms with E-state index in [1.807, 2.05) is 0 Å². The number of nitrogens with two attached hydrogens (primary N) is 1. The average Bonchev–Trinajstić information content (AvgIpc) is 2.15. The molecule has 0 heterocycles. The lowest BCUT2D eigenvalue weighted by atomic mass is 10.0. The van der Waals surface area contributed by atoms with Crippen LogP contribution in [-0.4, -0.2) is 51.1 Å². The number of carbonyl (C=O) groups excluding carboxylic acids is 1. The summed E-state index contributed by atoms with van der Waals surface area (Å²) in [4.78, 5) is 11.4. The third kappa shape index (κ3) is 4.91. The summed E-state index contributed by atoms with van der Waals surface area (Å²) in [6.45, 7) is 3.55. The molecule has 16 heavy (non-hydrogen) atoms. The highest BCUT2D eigenvalue weighted by Gasteiger charge is 2.18. The van der Waals surface area contributed by atoms with E-state index >= 15 is 0 Å². The first-order valence-electron chi connectivity index (χ1n) is 5.12. The minimum Gasteiger partial charge on any atom is -0.355 e. The summed E-state index contributed by atoms with van der Waals surface area (Å²) in [7, 11) is -0.332. The van der Waals surface area contributed by atoms with Crippen molar-refractivity contribution >= 4 is 15.9 Å². The smallest absolute Gasteiger partial charge is 0.224 e. The van der Waals surface area contributed by atoms with Crippen molar-refractivity contribution in [1.29, 1.82) is 0 Å². The molecule has 2 atom stereocenters. The predicted octanol–water partition coefficient (Wildman–Crippen LogP) is -1.02. The van der Waals surface area contributed by atoms with Gasteiger partial charge in [0.25, 0.3) is 0 Å². The zero-order valence-corrected chi connectivity index (χ0v) is 11.0. The van der Waals surface area contributed by atoms with E-state index in [-0.39, 0.29) is 30.2 Å². The molecule has 3 N–H and O–H groups in total. The predicted molar refractivity (Wildman–Crippen MR) is 63.3 cm³/mol. The molecule has 96 valence electrons. The summed E-state index contributed by atoms with van der Waals surface area (Å²) < 4.78 is 23.9. The highest BCUT2D eigenvalue weighted by Crippen LogP contribution is 1.99. The molecule has 0 aromatic rings. The molecule has 0 aromatic heterocycles. The number of hydrogen-bond donors (Lipinski definition) is 2. The number of hydrogen-bond acceptors (Lipinski definition) is 4. The van der Waals surface area contributed by atoms with Crippen LogP contribution in [0.25, 0.3) is 0 Å². The van der Waals surface area contributed by atoms with Crippen LogP contribution >= 0.6 is 0 Å². The maximum Gasteiger partial charge on any atom is 0.224 e. The van der Waals surface area contributed by atoms with Gasteiger partial charge in [-0.15, -0.1) is 0 Å². The Labute approximate surface area is 97.2 Å². The number of carbonyl (C=O) groups is 1. The van der Waals surface area contributed by atoms with Crippen LogP contribution in [0.15, 0.2) is 0 Å². The van der Waals surface area contributed by atoms with Crippen LogP contribution in [0.5, 0.6) is 0 Å². The molecule has 1 amide bonds. The van der Waals surface area contributed by atoms with Crippen molar-refractivity contribution in [2.24, 2.45) is 11.7 Å². The molecule has 0 radical (unpaired) electrons. The van der Waals surface area contributed by atoms with Crippen molar-refractivity contribution < 1.29 is 13.2 Å². The van der Waals surface area contributed by atoms with Crippen LogP contribution in [0.2, 0.25) is 0 Å². The lowest BCUT2D eigenvalue weighted by Gasteiger charge is -2.16. The first-order chi connectivity index (χ1) is 7.18. The maximum absolute atomic E-state index is 11.4. The molecular formula is C9H21N3O3S. The normalized spacial score (nSPS) is 15.9. The zero-order valence-electron chi connectivity index (χ0n) is 10.2. The summed E-state index contributed by atoms with van der Waals surface area (Å²) in [5, 5.41) is 2.55. The van der Waals surface area contributed by atoms with Gasteiger partial charge in [0, 0.05) is 32.6 Å². The van der Waals surface area contributed by atoms with E-state index in [4.69, 9.17) is 5.73 Å². The van der Waals surface area contributed by atoms with E-state index in [2.05, 4.69) is 5.32 Å². The van der Waals surface area contributed by atoms with Crippen LogP contribution < -0.4 is 11.1 Å². The Morgan fingerprint density at radius 2 is 1.88 bits per heavy atom. The monoisotopic (exact) mass is 251 g/mol. The Balaban J connectivity index is 4.06. The van der Waals surface area contributed by atoms with Crippen molar-refractivity contribution in [2.45, 2.75) is 19.9 Å². The van der Waals surface area contributed by atoms with Gasteiger partial charge in [-0.1, -0.05) is 6.92 Å². The molecule has 7 heteroatoms. The lowest BCUT2D eigenvalue weighted by molar-refractivity contribution is -0.124. The van der Waals surface area contributed by atoms with Gasteiger partial charge in [0.15, 0.2) is 0 Å². The highest BCUT2D eigenvalue weighted by atomic mass is 32.2. The van der Waals surface area contributed by atoms with Crippen molar-refractivity contribution in [3.05, 3.63) is 0 Å². The molecule has 0 aliphatic rings. The van der Waals surface area contributed by atoms with Gasteiger partial charge in [-0.05, 0) is 6.92 Å². The molecule has 0 aliphatic carbocycles. The van der Waals surface area contributed by atoms with Gasteiger partial charge in [-0.25, -0.2) is 12.7 Å². The molecule has 0 spiro atoms. The Morgan fingerprint density at radius 1 is 1.38 bits per heavy atom. The average molecular weight is 251 g/mol. The maximum atomic E-state index is 11.4. The van der Waals surface area contributed by atoms with Crippen molar-refractivity contribution in [3.8, 4) is 0 Å². The molecule has 0 rings (SSSR count). The number of rotatable bonds is 6. The fraction of sp³-hybridized carbons (Fsp3) is 0.889. The summed E-state index contributed by atoms with van der Waals surface area (Å²) >= 11 is 0. The van der Waals surface area contributed by atoms with Crippen LogP contribution in [0, 0.1) is 5.92 Å². The third-order valence-electron chi connectivity index (χ3n) is 2.42. The van der Waals surface area contributed by atoms with Crippen LogP contribution in [-0.2, 0) is 14.8 Å². The van der Waals surface area contributed by atoms with E-state index in [9.17, 15) is 13.2 Å². The van der Waals surface area contributed by atoms with Gasteiger partial charge in [0.1, 0.15) is 0 Å². The van der Waals surface area contributed by atoms with E-state index in [0.717, 1.165) is 4.31 Å². The second kappa shape index (κ2) is 6.17. The van der Waals surface area contributed by atoms with Gasteiger partial charge in [0.2, 0.25) is 15.9 Å². The zero-order chi connectivity index (χ0) is 12.9. The summed E-state index contributed by atoms with van der Waals surface area (Å²) in [5.41, 5.74) is 5.56. The fourth-order valence-electron chi connectivity index (χ4n) is 0.886. The van der Waals surface area contributed by atoms with E-state index < -0.39 is 10.0 Å². The van der Waals surface area contributed by atoms with E-state index in [0.29, 0.717) is 0 Å². The Kier molecular flexibility index (Phi) is 5.91. The number of sulfonamides is 1. The topological polar surface area (TPSA) is 92.5 Å². The molecule has 0 saturated carbocycles. The SMILES string of the molecule is CC(N)C(C)C(=O)NCCS(=O)(=O)N(C)C. The number of amides is 1. The largest absolute Gasteiger partial charge is 0.355 e. The molecule has 2 unspecified atom stereocenters. The lowest BCUT2D eigenvalue weighted by Crippen LogP contribution is -2.41. The van der Waals surface area contributed by atoms with E-state index in [1.165, 1.54) is 14.1 Å². The van der Waals surface area contributed by atoms with Gasteiger partial charge < -0.3 is 11.1 Å². The summed E-state index contributed by atoms with van der Waals surface area (Å²) in [6, 6.07) is -0.245. The standard InChI is InChI=1S/C9H21N3O3S/c1-7(8(2)10)9(13)11-5-6-16(14,15)12(3)4/h7-8H,5-6,10H2,1-4H3,(H,11,13). The fourth-order valence-corrected chi connectivity index (χ4v) is 1.61. The van der Waals surface area contributed by atoms with Gasteiger partial charge in [-0.3, -0.25) is 4.79 Å².